The van der Waals surface area contributed by atoms with Crippen molar-refractivity contribution in [1.82, 2.24) is 0 Å². The van der Waals surface area contributed by atoms with Crippen LogP contribution in [0.3, 0.4) is 0 Å². The Kier molecular flexibility index (Phi) is 8.50. The average Bonchev–Trinajstić information content (AvgIpc) is 2.56. The van der Waals surface area contributed by atoms with Crippen molar-refractivity contribution in [2.45, 2.75) is 79.6 Å². The number of ether oxygens (including phenoxy) is 1. The molecule has 0 radical (unpaired) electrons. The first-order valence-electron chi connectivity index (χ1n) is 10.4. The molecule has 1 rings (SSSR count). The van der Waals surface area contributed by atoms with Gasteiger partial charge in [0.1, 0.15) is 5.75 Å². The summed E-state index contributed by atoms with van der Waals surface area (Å²) in [4.78, 5) is 10.8. The van der Waals surface area contributed by atoms with Crippen LogP contribution < -0.4 is 4.74 Å². The molecule has 0 aliphatic carbocycles. The van der Waals surface area contributed by atoms with Crippen LogP contribution in [0.25, 0.3) is 5.57 Å². The number of aliphatic carboxylic acids is 1. The Hall–Kier alpha value is -2.29. The molecule has 3 nitrogen and oxygen atoms in total. The van der Waals surface area contributed by atoms with Gasteiger partial charge in [0.2, 0.25) is 0 Å². The van der Waals surface area contributed by atoms with Crippen molar-refractivity contribution in [1.29, 1.82) is 0 Å². The van der Waals surface area contributed by atoms with Crippen LogP contribution in [0, 0.1) is 0 Å². The lowest BCUT2D eigenvalue weighted by molar-refractivity contribution is -0.131. The van der Waals surface area contributed by atoms with Gasteiger partial charge in [-0.25, -0.2) is 4.79 Å². The van der Waals surface area contributed by atoms with E-state index in [0.717, 1.165) is 23.3 Å². The Morgan fingerprint density at radius 2 is 1.55 bits per heavy atom. The minimum Gasteiger partial charge on any atom is -0.493 e. The topological polar surface area (TPSA) is 46.5 Å². The van der Waals surface area contributed by atoms with E-state index in [4.69, 9.17) is 9.84 Å². The Morgan fingerprint density at radius 1 is 1.03 bits per heavy atom. The van der Waals surface area contributed by atoms with Crippen LogP contribution in [0.2, 0.25) is 0 Å². The number of allylic oxidation sites excluding steroid dienone is 5. The molecule has 0 aliphatic rings. The summed E-state index contributed by atoms with van der Waals surface area (Å²) in [5.74, 6) is 0.0827. The molecular formula is C26H38O3. The van der Waals surface area contributed by atoms with E-state index in [1.54, 1.807) is 6.92 Å². The molecule has 0 amide bonds. The third kappa shape index (κ3) is 7.56. The van der Waals surface area contributed by atoms with E-state index in [1.807, 2.05) is 18.2 Å². The minimum absolute atomic E-state index is 0.0456. The molecule has 0 saturated carbocycles. The maximum atomic E-state index is 10.8. The van der Waals surface area contributed by atoms with Gasteiger partial charge >= 0.3 is 5.97 Å². The highest BCUT2D eigenvalue weighted by Crippen LogP contribution is 2.42. The third-order valence-corrected chi connectivity index (χ3v) is 4.67. The fraction of sp³-hybridized carbons (Fsp3) is 0.500. The number of carboxylic acids is 1. The molecular weight excluding hydrogens is 360 g/mol. The molecule has 0 aliphatic heterocycles. The van der Waals surface area contributed by atoms with E-state index in [0.29, 0.717) is 12.2 Å². The summed E-state index contributed by atoms with van der Waals surface area (Å²) in [7, 11) is 0. The summed E-state index contributed by atoms with van der Waals surface area (Å²) in [5, 5.41) is 8.83. The van der Waals surface area contributed by atoms with Crippen molar-refractivity contribution in [2.75, 3.05) is 6.61 Å². The van der Waals surface area contributed by atoms with Gasteiger partial charge in [-0.2, -0.15) is 0 Å². The summed E-state index contributed by atoms with van der Waals surface area (Å²) in [6, 6.07) is 4.47. The van der Waals surface area contributed by atoms with Crippen LogP contribution in [0.15, 0.2) is 42.0 Å². The second kappa shape index (κ2) is 9.96. The molecule has 0 aromatic heterocycles. The molecule has 0 atom stereocenters. The van der Waals surface area contributed by atoms with Gasteiger partial charge in [-0.3, -0.25) is 0 Å². The predicted octanol–water partition coefficient (Wildman–Crippen LogP) is 7.06. The zero-order chi connectivity index (χ0) is 22.4. The molecule has 29 heavy (non-hydrogen) atoms. The largest absolute Gasteiger partial charge is 0.493 e. The molecule has 160 valence electrons. The Balaban J connectivity index is 3.54. The highest BCUT2D eigenvalue weighted by molar-refractivity contribution is 5.81. The number of benzene rings is 1. The molecule has 0 heterocycles. The first kappa shape index (κ1) is 24.7. The molecule has 0 spiro atoms. The van der Waals surface area contributed by atoms with Crippen molar-refractivity contribution in [2.24, 2.45) is 0 Å². The van der Waals surface area contributed by atoms with Crippen molar-refractivity contribution in [3.63, 3.8) is 0 Å². The van der Waals surface area contributed by atoms with E-state index in [2.05, 4.69) is 67.5 Å². The lowest BCUT2D eigenvalue weighted by Crippen LogP contribution is -2.20. The normalized spacial score (nSPS) is 13.8. The second-order valence-electron chi connectivity index (χ2n) is 9.68. The Bertz CT molecular complexity index is 774. The van der Waals surface area contributed by atoms with Gasteiger partial charge in [0.25, 0.3) is 0 Å². The summed E-state index contributed by atoms with van der Waals surface area (Å²) >= 11 is 0. The lowest BCUT2D eigenvalue weighted by Gasteiger charge is -2.31. The SMILES string of the molecule is CCCOc1c(C(C)(C)C)cc(/C(C)=C/C=CC(C)=CC(=O)O)cc1C(C)(C)C. The average molecular weight is 399 g/mol. The maximum absolute atomic E-state index is 10.8. The van der Waals surface area contributed by atoms with Gasteiger partial charge in [-0.15, -0.1) is 0 Å². The number of carboxylic acid groups (broad SMARTS) is 1. The first-order valence-corrected chi connectivity index (χ1v) is 10.4. The van der Waals surface area contributed by atoms with Gasteiger partial charge in [0, 0.05) is 17.2 Å². The monoisotopic (exact) mass is 398 g/mol. The second-order valence-corrected chi connectivity index (χ2v) is 9.68. The number of hydrogen-bond acceptors (Lipinski definition) is 2. The quantitative estimate of drug-likeness (QED) is 0.395. The summed E-state index contributed by atoms with van der Waals surface area (Å²) in [6.45, 7) is 20.0. The number of carbonyl (C=O) groups is 1. The predicted molar refractivity (Wildman–Crippen MR) is 124 cm³/mol. The van der Waals surface area contributed by atoms with Gasteiger partial charge in [0.05, 0.1) is 6.61 Å². The highest BCUT2D eigenvalue weighted by Gasteiger charge is 2.28. The fourth-order valence-electron chi connectivity index (χ4n) is 3.01. The van der Waals surface area contributed by atoms with Gasteiger partial charge in [-0.05, 0) is 59.9 Å². The smallest absolute Gasteiger partial charge is 0.328 e. The number of hydrogen-bond donors (Lipinski definition) is 1. The van der Waals surface area contributed by atoms with Gasteiger partial charge in [-0.1, -0.05) is 66.7 Å². The summed E-state index contributed by atoms with van der Waals surface area (Å²) in [5.41, 5.74) is 5.33. The van der Waals surface area contributed by atoms with Crippen LogP contribution in [0.4, 0.5) is 0 Å². The van der Waals surface area contributed by atoms with Crippen LogP contribution in [-0.2, 0) is 15.6 Å². The Morgan fingerprint density at radius 3 is 1.97 bits per heavy atom. The van der Waals surface area contributed by atoms with Crippen molar-refractivity contribution < 1.29 is 14.6 Å². The van der Waals surface area contributed by atoms with E-state index in [9.17, 15) is 4.79 Å². The zero-order valence-corrected chi connectivity index (χ0v) is 19.6. The molecule has 0 bridgehead atoms. The van der Waals surface area contributed by atoms with E-state index >= 15 is 0 Å². The van der Waals surface area contributed by atoms with Crippen molar-refractivity contribution >= 4 is 11.5 Å². The molecule has 0 unspecified atom stereocenters. The molecule has 1 N–H and O–H groups in total. The van der Waals surface area contributed by atoms with Crippen LogP contribution >= 0.6 is 0 Å². The van der Waals surface area contributed by atoms with Crippen molar-refractivity contribution in [3.05, 3.63) is 58.7 Å². The summed E-state index contributed by atoms with van der Waals surface area (Å²) in [6.07, 6.45) is 7.92. The van der Waals surface area contributed by atoms with E-state index < -0.39 is 5.97 Å². The Labute approximate surface area is 177 Å². The van der Waals surface area contributed by atoms with E-state index in [-0.39, 0.29) is 10.8 Å². The standard InChI is InChI=1S/C26H38O3/c1-10-14-29-24-21(25(4,5)6)16-20(17-22(24)26(7,8)9)19(3)13-11-12-18(2)15-23(27)28/h11-13,15-17H,10,14H2,1-9H3,(H,27,28)/b12-11?,18-15?,19-13+. The van der Waals surface area contributed by atoms with Gasteiger partial charge in [0.15, 0.2) is 0 Å². The van der Waals surface area contributed by atoms with Crippen LogP contribution in [0.1, 0.15) is 85.4 Å². The van der Waals surface area contributed by atoms with E-state index in [1.165, 1.54) is 17.2 Å². The van der Waals surface area contributed by atoms with Crippen LogP contribution in [-0.4, -0.2) is 17.7 Å². The molecule has 0 fully saturated rings. The van der Waals surface area contributed by atoms with Crippen LogP contribution in [0.5, 0.6) is 5.75 Å². The first-order chi connectivity index (χ1) is 13.3. The lowest BCUT2D eigenvalue weighted by atomic mass is 9.77. The third-order valence-electron chi connectivity index (χ3n) is 4.67. The fourth-order valence-corrected chi connectivity index (χ4v) is 3.01. The maximum Gasteiger partial charge on any atom is 0.328 e. The summed E-state index contributed by atoms with van der Waals surface area (Å²) < 4.78 is 6.26. The highest BCUT2D eigenvalue weighted by atomic mass is 16.5. The minimum atomic E-state index is -0.930. The molecule has 0 saturated heterocycles. The molecule has 3 heteroatoms. The molecule has 1 aromatic rings. The number of rotatable bonds is 7. The van der Waals surface area contributed by atoms with Gasteiger partial charge < -0.3 is 9.84 Å². The zero-order valence-electron chi connectivity index (χ0n) is 19.6. The van der Waals surface area contributed by atoms with Crippen molar-refractivity contribution in [3.8, 4) is 5.75 Å². The molecule has 1 aromatic carbocycles.